The fourth-order valence-electron chi connectivity index (χ4n) is 2.24. The molecule has 4 heteroatoms. The van der Waals surface area contributed by atoms with E-state index in [0.717, 1.165) is 18.4 Å². The van der Waals surface area contributed by atoms with Crippen molar-refractivity contribution in [3.05, 3.63) is 41.5 Å². The number of hydrogen-bond donors (Lipinski definition) is 1. The summed E-state index contributed by atoms with van der Waals surface area (Å²) in [5, 5.41) is 3.29. The first-order valence-corrected chi connectivity index (χ1v) is 6.13. The molecule has 0 aromatic heterocycles. The van der Waals surface area contributed by atoms with Gasteiger partial charge in [0.15, 0.2) is 5.11 Å². The summed E-state index contributed by atoms with van der Waals surface area (Å²) in [6.45, 7) is 2.10. The standard InChI is InChI=1S/C14H16N3O/c1-2-11(8-10-6-4-3-5-7-10)12-9-13(12)14(18)16-17-15/h3-8,12-13,15H,2,9H2,1H3/q+1/b11-8+. The summed E-state index contributed by atoms with van der Waals surface area (Å²) in [6, 6.07) is 10.1. The number of carbonyl (C=O) groups is 1. The number of benzene rings is 1. The van der Waals surface area contributed by atoms with Gasteiger partial charge in [-0.1, -0.05) is 48.9 Å². The SMILES string of the molecule is CC/C(=C\c1ccccc1)C1CC1C(=O)N=[N+]=N. The van der Waals surface area contributed by atoms with E-state index in [1.165, 1.54) is 5.57 Å². The van der Waals surface area contributed by atoms with Gasteiger partial charge >= 0.3 is 5.91 Å². The predicted molar refractivity (Wildman–Crippen MR) is 68.6 cm³/mol. The number of allylic oxidation sites excluding steroid dienone is 1. The first-order valence-electron chi connectivity index (χ1n) is 6.13. The molecule has 2 atom stereocenters. The topological polar surface area (TPSA) is 67.4 Å². The zero-order chi connectivity index (χ0) is 13.0. The molecule has 0 radical (unpaired) electrons. The molecule has 4 nitrogen and oxygen atoms in total. The molecule has 2 rings (SSSR count). The van der Waals surface area contributed by atoms with E-state index in [1.807, 2.05) is 18.2 Å². The van der Waals surface area contributed by atoms with E-state index in [2.05, 4.69) is 35.2 Å². The van der Waals surface area contributed by atoms with Crippen molar-refractivity contribution in [1.82, 2.24) is 4.91 Å². The Labute approximate surface area is 106 Å². The van der Waals surface area contributed by atoms with Gasteiger partial charge in [0.05, 0.1) is 5.92 Å². The fourth-order valence-corrected chi connectivity index (χ4v) is 2.24. The molecule has 2 unspecified atom stereocenters. The lowest BCUT2D eigenvalue weighted by Gasteiger charge is -2.02. The Balaban J connectivity index is 2.10. The molecule has 0 spiro atoms. The zero-order valence-electron chi connectivity index (χ0n) is 10.3. The molecule has 1 fully saturated rings. The molecule has 0 aliphatic heterocycles. The molecule has 1 aromatic rings. The van der Waals surface area contributed by atoms with Gasteiger partial charge in [-0.05, 0) is 24.3 Å². The first kappa shape index (κ1) is 12.4. The van der Waals surface area contributed by atoms with Gasteiger partial charge in [0.2, 0.25) is 4.91 Å². The van der Waals surface area contributed by atoms with Crippen molar-refractivity contribution in [2.75, 3.05) is 0 Å². The Bertz CT molecular complexity index is 515. The Hall–Kier alpha value is -2.06. The van der Waals surface area contributed by atoms with E-state index in [1.54, 1.807) is 0 Å². The summed E-state index contributed by atoms with van der Waals surface area (Å²) in [5.41, 5.74) is 9.01. The van der Waals surface area contributed by atoms with E-state index >= 15 is 0 Å². The highest BCUT2D eigenvalue weighted by Crippen LogP contribution is 2.46. The third kappa shape index (κ3) is 2.79. The summed E-state index contributed by atoms with van der Waals surface area (Å²) in [7, 11) is 0. The minimum Gasteiger partial charge on any atom is -0.264 e. The number of hydrogen-bond acceptors (Lipinski definition) is 2. The molecular formula is C14H16N3O+. The van der Waals surface area contributed by atoms with Gasteiger partial charge in [-0.15, -0.1) is 0 Å². The second-order valence-corrected chi connectivity index (χ2v) is 4.47. The predicted octanol–water partition coefficient (Wildman–Crippen LogP) is 3.19. The Morgan fingerprint density at radius 1 is 1.44 bits per heavy atom. The zero-order valence-corrected chi connectivity index (χ0v) is 10.3. The number of amides is 1. The van der Waals surface area contributed by atoms with Gasteiger partial charge in [0.1, 0.15) is 5.53 Å². The largest absolute Gasteiger partial charge is 0.333 e. The molecule has 1 N–H and O–H groups in total. The maximum atomic E-state index is 11.5. The number of nitrogens with one attached hydrogen (secondary N) is 1. The van der Waals surface area contributed by atoms with Crippen LogP contribution >= 0.6 is 0 Å². The molecule has 1 aromatic carbocycles. The maximum absolute atomic E-state index is 11.5. The van der Waals surface area contributed by atoms with Crippen molar-refractivity contribution in [3.8, 4) is 0 Å². The molecule has 1 aliphatic rings. The van der Waals surface area contributed by atoms with Gasteiger partial charge in [0.25, 0.3) is 0 Å². The summed E-state index contributed by atoms with van der Waals surface area (Å²) >= 11 is 0. The Morgan fingerprint density at radius 3 is 2.78 bits per heavy atom. The first-order chi connectivity index (χ1) is 8.76. The number of rotatable bonds is 4. The van der Waals surface area contributed by atoms with E-state index in [4.69, 9.17) is 5.53 Å². The van der Waals surface area contributed by atoms with Crippen molar-refractivity contribution in [1.29, 1.82) is 5.53 Å². The highest BCUT2D eigenvalue weighted by molar-refractivity contribution is 5.82. The number of nitrogens with zero attached hydrogens (tertiary/aromatic N) is 2. The quantitative estimate of drug-likeness (QED) is 0.639. The molecule has 0 bridgehead atoms. The van der Waals surface area contributed by atoms with Gasteiger partial charge < -0.3 is 0 Å². The minimum absolute atomic E-state index is 0.0611. The third-order valence-electron chi connectivity index (χ3n) is 3.29. The molecule has 1 saturated carbocycles. The van der Waals surface area contributed by atoms with Crippen LogP contribution in [0, 0.1) is 17.4 Å². The molecule has 1 aliphatic carbocycles. The lowest BCUT2D eigenvalue weighted by atomic mass is 10.0. The van der Waals surface area contributed by atoms with E-state index in [-0.39, 0.29) is 17.7 Å². The third-order valence-corrected chi connectivity index (χ3v) is 3.29. The second kappa shape index (κ2) is 5.52. The summed E-state index contributed by atoms with van der Waals surface area (Å²) in [5.74, 6) is -0.0374. The van der Waals surface area contributed by atoms with Crippen LogP contribution < -0.4 is 4.91 Å². The fraction of sp³-hybridized carbons (Fsp3) is 0.357. The second-order valence-electron chi connectivity index (χ2n) is 4.47. The Kier molecular flexibility index (Phi) is 3.80. The normalized spacial score (nSPS) is 22.2. The van der Waals surface area contributed by atoms with Crippen molar-refractivity contribution < 1.29 is 4.79 Å². The van der Waals surface area contributed by atoms with Crippen LogP contribution in [0.5, 0.6) is 0 Å². The molecule has 0 saturated heterocycles. The summed E-state index contributed by atoms with van der Waals surface area (Å²) in [6.07, 6.45) is 3.92. The van der Waals surface area contributed by atoms with E-state index in [9.17, 15) is 4.79 Å². The van der Waals surface area contributed by atoms with Crippen LogP contribution in [0.25, 0.3) is 6.08 Å². The molecule has 1 amide bonds. The van der Waals surface area contributed by atoms with Gasteiger partial charge in [-0.3, -0.25) is 4.79 Å². The lowest BCUT2D eigenvalue weighted by molar-refractivity contribution is -0.119. The van der Waals surface area contributed by atoms with Crippen molar-refractivity contribution >= 4 is 12.0 Å². The van der Waals surface area contributed by atoms with Crippen LogP contribution in [0.1, 0.15) is 25.3 Å². The van der Waals surface area contributed by atoms with Crippen LogP contribution in [-0.2, 0) is 4.79 Å². The molecule has 0 heterocycles. The highest BCUT2D eigenvalue weighted by Gasteiger charge is 2.46. The molecular weight excluding hydrogens is 226 g/mol. The van der Waals surface area contributed by atoms with E-state index < -0.39 is 0 Å². The van der Waals surface area contributed by atoms with Crippen LogP contribution in [0.3, 0.4) is 0 Å². The Morgan fingerprint density at radius 2 is 2.17 bits per heavy atom. The van der Waals surface area contributed by atoms with Crippen LogP contribution in [-0.4, -0.2) is 5.91 Å². The number of carbonyl (C=O) groups excluding carboxylic acids is 1. The highest BCUT2D eigenvalue weighted by atomic mass is 16.2. The monoisotopic (exact) mass is 242 g/mol. The van der Waals surface area contributed by atoms with Crippen LogP contribution in [0.15, 0.2) is 41.0 Å². The van der Waals surface area contributed by atoms with E-state index in [0.29, 0.717) is 0 Å². The van der Waals surface area contributed by atoms with Crippen LogP contribution in [0.2, 0.25) is 0 Å². The average molecular weight is 242 g/mol. The van der Waals surface area contributed by atoms with Gasteiger partial charge in [0, 0.05) is 0 Å². The van der Waals surface area contributed by atoms with Crippen LogP contribution in [0.4, 0.5) is 0 Å². The van der Waals surface area contributed by atoms with Gasteiger partial charge in [-0.2, -0.15) is 0 Å². The average Bonchev–Trinajstić information content (AvgIpc) is 3.18. The maximum Gasteiger partial charge on any atom is 0.333 e. The molecule has 92 valence electrons. The van der Waals surface area contributed by atoms with Crippen molar-refractivity contribution in [2.24, 2.45) is 17.0 Å². The molecule has 18 heavy (non-hydrogen) atoms. The minimum atomic E-state index is -0.262. The summed E-state index contributed by atoms with van der Waals surface area (Å²) in [4.78, 5) is 14.3. The van der Waals surface area contributed by atoms with Gasteiger partial charge in [-0.25, -0.2) is 0 Å². The van der Waals surface area contributed by atoms with Crippen molar-refractivity contribution in [3.63, 3.8) is 0 Å². The van der Waals surface area contributed by atoms with Crippen molar-refractivity contribution in [2.45, 2.75) is 19.8 Å². The smallest absolute Gasteiger partial charge is 0.264 e. The lowest BCUT2D eigenvalue weighted by Crippen LogP contribution is -1.99. The summed E-state index contributed by atoms with van der Waals surface area (Å²) < 4.78 is 0.